The molecule has 9 heteroatoms. The molecule has 1 aliphatic rings. The van der Waals surface area contributed by atoms with E-state index >= 15 is 0 Å². The first-order valence-electron chi connectivity index (χ1n) is 7.48. The predicted octanol–water partition coefficient (Wildman–Crippen LogP) is 0.849. The lowest BCUT2D eigenvalue weighted by Gasteiger charge is -2.33. The van der Waals surface area contributed by atoms with Crippen molar-refractivity contribution in [3.8, 4) is 11.5 Å². The molecular formula is C15H19N3O6. The van der Waals surface area contributed by atoms with Gasteiger partial charge in [-0.15, -0.1) is 0 Å². The molecule has 1 fully saturated rings. The maximum atomic E-state index is 12.3. The SMILES string of the molecule is COc1ccc(OCC(=O)N2CCCC[C@@H]2C(N)=O)c([N+](=O)[O-])c1. The Kier molecular flexibility index (Phi) is 5.56. The van der Waals surface area contributed by atoms with Gasteiger partial charge in [0.1, 0.15) is 11.8 Å². The number of methoxy groups -OCH3 is 1. The minimum absolute atomic E-state index is 0.0400. The van der Waals surface area contributed by atoms with Gasteiger partial charge in [0, 0.05) is 6.54 Å². The number of hydrogen-bond donors (Lipinski definition) is 1. The van der Waals surface area contributed by atoms with Crippen LogP contribution in [-0.2, 0) is 9.59 Å². The second-order valence-corrected chi connectivity index (χ2v) is 5.38. The number of rotatable bonds is 6. The second-order valence-electron chi connectivity index (χ2n) is 5.38. The Labute approximate surface area is 138 Å². The Hall–Kier alpha value is -2.84. The molecule has 1 aromatic rings. The molecule has 24 heavy (non-hydrogen) atoms. The Bertz CT molecular complexity index is 648. The van der Waals surface area contributed by atoms with Gasteiger partial charge in [0.15, 0.2) is 12.4 Å². The maximum absolute atomic E-state index is 12.3. The topological polar surface area (TPSA) is 125 Å². The molecule has 0 aromatic heterocycles. The van der Waals surface area contributed by atoms with Gasteiger partial charge in [-0.25, -0.2) is 0 Å². The van der Waals surface area contributed by atoms with E-state index in [1.165, 1.54) is 30.2 Å². The molecule has 1 heterocycles. The number of amides is 2. The van der Waals surface area contributed by atoms with Crippen LogP contribution in [0, 0.1) is 10.1 Å². The van der Waals surface area contributed by atoms with Crippen molar-refractivity contribution in [3.05, 3.63) is 28.3 Å². The molecular weight excluding hydrogens is 318 g/mol. The number of ether oxygens (including phenoxy) is 2. The van der Waals surface area contributed by atoms with E-state index in [1.54, 1.807) is 0 Å². The van der Waals surface area contributed by atoms with Crippen LogP contribution in [0.3, 0.4) is 0 Å². The lowest BCUT2D eigenvalue weighted by Crippen LogP contribution is -2.51. The summed E-state index contributed by atoms with van der Waals surface area (Å²) in [4.78, 5) is 35.6. The Balaban J connectivity index is 2.08. The highest BCUT2D eigenvalue weighted by Crippen LogP contribution is 2.31. The smallest absolute Gasteiger partial charge is 0.314 e. The summed E-state index contributed by atoms with van der Waals surface area (Å²) < 4.78 is 10.2. The summed E-state index contributed by atoms with van der Waals surface area (Å²) in [5, 5.41) is 11.1. The molecule has 1 aromatic carbocycles. The number of primary amides is 1. The summed E-state index contributed by atoms with van der Waals surface area (Å²) in [7, 11) is 1.39. The number of likely N-dealkylation sites (tertiary alicyclic amines) is 1. The Morgan fingerprint density at radius 1 is 1.42 bits per heavy atom. The normalized spacial score (nSPS) is 17.2. The quantitative estimate of drug-likeness (QED) is 0.606. The van der Waals surface area contributed by atoms with Gasteiger partial charge in [0.2, 0.25) is 5.91 Å². The van der Waals surface area contributed by atoms with Crippen LogP contribution in [0.5, 0.6) is 11.5 Å². The molecule has 0 bridgehead atoms. The van der Waals surface area contributed by atoms with E-state index in [0.29, 0.717) is 18.7 Å². The van der Waals surface area contributed by atoms with E-state index in [-0.39, 0.29) is 11.4 Å². The minimum Gasteiger partial charge on any atom is -0.496 e. The summed E-state index contributed by atoms with van der Waals surface area (Å²) in [6.07, 6.45) is 2.12. The van der Waals surface area contributed by atoms with Gasteiger partial charge in [-0.05, 0) is 31.4 Å². The number of hydrogen-bond acceptors (Lipinski definition) is 6. The van der Waals surface area contributed by atoms with Crippen LogP contribution >= 0.6 is 0 Å². The highest BCUT2D eigenvalue weighted by Gasteiger charge is 2.31. The van der Waals surface area contributed by atoms with Crippen molar-refractivity contribution in [2.45, 2.75) is 25.3 Å². The lowest BCUT2D eigenvalue weighted by atomic mass is 10.0. The minimum atomic E-state index is -0.652. The van der Waals surface area contributed by atoms with Crippen molar-refractivity contribution in [1.82, 2.24) is 4.90 Å². The van der Waals surface area contributed by atoms with Crippen LogP contribution in [0.4, 0.5) is 5.69 Å². The molecule has 1 atom stereocenters. The number of carbonyl (C=O) groups is 2. The number of carbonyl (C=O) groups excluding carboxylic acids is 2. The van der Waals surface area contributed by atoms with E-state index in [2.05, 4.69) is 0 Å². The fourth-order valence-electron chi connectivity index (χ4n) is 2.64. The predicted molar refractivity (Wildman–Crippen MR) is 83.7 cm³/mol. The Morgan fingerprint density at radius 3 is 2.79 bits per heavy atom. The van der Waals surface area contributed by atoms with Gasteiger partial charge in [-0.2, -0.15) is 0 Å². The van der Waals surface area contributed by atoms with Crippen molar-refractivity contribution in [2.75, 3.05) is 20.3 Å². The summed E-state index contributed by atoms with van der Waals surface area (Å²) in [5.74, 6) is -0.714. The molecule has 1 aliphatic heterocycles. The van der Waals surface area contributed by atoms with Crippen LogP contribution < -0.4 is 15.2 Å². The van der Waals surface area contributed by atoms with E-state index < -0.39 is 29.4 Å². The second kappa shape index (κ2) is 7.62. The maximum Gasteiger partial charge on any atom is 0.314 e. The van der Waals surface area contributed by atoms with Gasteiger partial charge < -0.3 is 20.1 Å². The third kappa shape index (κ3) is 3.92. The first kappa shape index (κ1) is 17.5. The largest absolute Gasteiger partial charge is 0.496 e. The lowest BCUT2D eigenvalue weighted by molar-refractivity contribution is -0.385. The van der Waals surface area contributed by atoms with Crippen LogP contribution in [0.25, 0.3) is 0 Å². The third-order valence-electron chi connectivity index (χ3n) is 3.87. The number of nitro benzene ring substituents is 1. The van der Waals surface area contributed by atoms with Crippen LogP contribution in [0.1, 0.15) is 19.3 Å². The van der Waals surface area contributed by atoms with Crippen molar-refractivity contribution in [1.29, 1.82) is 0 Å². The molecule has 1 saturated heterocycles. The summed E-state index contributed by atoms with van der Waals surface area (Å²) >= 11 is 0. The number of piperidine rings is 1. The van der Waals surface area contributed by atoms with E-state index in [1.807, 2.05) is 0 Å². The van der Waals surface area contributed by atoms with Crippen LogP contribution in [0.2, 0.25) is 0 Å². The molecule has 2 amide bonds. The van der Waals surface area contributed by atoms with Gasteiger partial charge in [0.05, 0.1) is 18.1 Å². The third-order valence-corrected chi connectivity index (χ3v) is 3.87. The van der Waals surface area contributed by atoms with E-state index in [4.69, 9.17) is 15.2 Å². The summed E-state index contributed by atoms with van der Waals surface area (Å²) in [6, 6.07) is 3.43. The first-order valence-corrected chi connectivity index (χ1v) is 7.48. The van der Waals surface area contributed by atoms with Crippen LogP contribution in [0.15, 0.2) is 18.2 Å². The van der Waals surface area contributed by atoms with Gasteiger partial charge >= 0.3 is 5.69 Å². The van der Waals surface area contributed by atoms with Crippen LogP contribution in [-0.4, -0.2) is 47.9 Å². The highest BCUT2D eigenvalue weighted by molar-refractivity contribution is 5.87. The zero-order valence-electron chi connectivity index (χ0n) is 13.3. The number of nitro groups is 1. The molecule has 0 spiro atoms. The molecule has 0 aliphatic carbocycles. The molecule has 0 radical (unpaired) electrons. The standard InChI is InChI=1S/C15H19N3O6/c1-23-10-5-6-13(12(8-10)18(21)22)24-9-14(19)17-7-3-2-4-11(17)15(16)20/h5-6,8,11H,2-4,7,9H2,1H3,(H2,16,20)/t11-/m1/s1. The van der Waals surface area contributed by atoms with Crippen molar-refractivity contribution in [3.63, 3.8) is 0 Å². The molecule has 9 nitrogen and oxygen atoms in total. The highest BCUT2D eigenvalue weighted by atomic mass is 16.6. The number of nitrogens with two attached hydrogens (primary N) is 1. The first-order chi connectivity index (χ1) is 11.4. The van der Waals surface area contributed by atoms with Gasteiger partial charge in [-0.3, -0.25) is 19.7 Å². The fraction of sp³-hybridized carbons (Fsp3) is 0.467. The Morgan fingerprint density at radius 2 is 2.17 bits per heavy atom. The van der Waals surface area contributed by atoms with Crippen molar-refractivity contribution >= 4 is 17.5 Å². The van der Waals surface area contributed by atoms with Gasteiger partial charge in [0.25, 0.3) is 5.91 Å². The molecule has 130 valence electrons. The molecule has 2 rings (SSSR count). The zero-order valence-corrected chi connectivity index (χ0v) is 13.3. The fourth-order valence-corrected chi connectivity index (χ4v) is 2.64. The summed E-state index contributed by atoms with van der Waals surface area (Å²) in [6.45, 7) is 0.0114. The average molecular weight is 337 g/mol. The van der Waals surface area contributed by atoms with E-state index in [0.717, 1.165) is 12.8 Å². The van der Waals surface area contributed by atoms with Crippen molar-refractivity contribution < 1.29 is 24.0 Å². The number of nitrogens with zero attached hydrogens (tertiary/aromatic N) is 2. The number of benzene rings is 1. The zero-order chi connectivity index (χ0) is 17.7. The molecule has 0 saturated carbocycles. The summed E-state index contributed by atoms with van der Waals surface area (Å²) in [5.41, 5.74) is 5.02. The molecule has 0 unspecified atom stereocenters. The average Bonchev–Trinajstić information content (AvgIpc) is 2.59. The van der Waals surface area contributed by atoms with E-state index in [9.17, 15) is 19.7 Å². The molecule has 2 N–H and O–H groups in total. The monoisotopic (exact) mass is 337 g/mol. The van der Waals surface area contributed by atoms with Crippen molar-refractivity contribution in [2.24, 2.45) is 5.73 Å². The van der Waals surface area contributed by atoms with Gasteiger partial charge in [-0.1, -0.05) is 0 Å².